The van der Waals surface area contributed by atoms with Crippen molar-refractivity contribution in [3.8, 4) is 5.75 Å². The van der Waals surface area contributed by atoms with Gasteiger partial charge in [0.25, 0.3) is 0 Å². The van der Waals surface area contributed by atoms with E-state index >= 15 is 0 Å². The zero-order chi connectivity index (χ0) is 16.9. The molecule has 0 spiro atoms. The first-order valence-electron chi connectivity index (χ1n) is 7.79. The van der Waals surface area contributed by atoms with Gasteiger partial charge in [-0.3, -0.25) is 4.79 Å². The zero-order valence-electron chi connectivity index (χ0n) is 13.7. The summed E-state index contributed by atoms with van der Waals surface area (Å²) in [7, 11) is 3.27. The number of ether oxygens (including phenoxy) is 1. The van der Waals surface area contributed by atoms with Crippen molar-refractivity contribution >= 4 is 22.3 Å². The summed E-state index contributed by atoms with van der Waals surface area (Å²) in [6.07, 6.45) is 1.64. The minimum absolute atomic E-state index is 0.131. The SMILES string of the molecule is CNC(=O)C=C(c1ccc(OC)cc1)c1cccc2ccccc12. The number of hydrogen-bond donors (Lipinski definition) is 1. The number of methoxy groups -OCH3 is 1. The van der Waals surface area contributed by atoms with Crippen LogP contribution >= 0.6 is 0 Å². The molecule has 0 saturated heterocycles. The summed E-state index contributed by atoms with van der Waals surface area (Å²) >= 11 is 0. The number of hydrogen-bond acceptors (Lipinski definition) is 2. The molecule has 0 unspecified atom stereocenters. The van der Waals surface area contributed by atoms with Gasteiger partial charge in [0.15, 0.2) is 0 Å². The van der Waals surface area contributed by atoms with Gasteiger partial charge in [0.05, 0.1) is 7.11 Å². The Hall–Kier alpha value is -3.07. The van der Waals surface area contributed by atoms with Crippen molar-refractivity contribution in [3.63, 3.8) is 0 Å². The molecule has 3 heteroatoms. The summed E-state index contributed by atoms with van der Waals surface area (Å²) in [5.74, 6) is 0.657. The van der Waals surface area contributed by atoms with Crippen LogP contribution in [0.1, 0.15) is 11.1 Å². The van der Waals surface area contributed by atoms with Gasteiger partial charge in [-0.2, -0.15) is 0 Å². The molecule has 0 heterocycles. The van der Waals surface area contributed by atoms with Crippen LogP contribution in [0.4, 0.5) is 0 Å². The van der Waals surface area contributed by atoms with Gasteiger partial charge < -0.3 is 10.1 Å². The molecular weight excluding hydrogens is 298 g/mol. The van der Waals surface area contributed by atoms with Crippen LogP contribution in [-0.4, -0.2) is 20.1 Å². The summed E-state index contributed by atoms with van der Waals surface area (Å²) in [6, 6.07) is 22.0. The predicted octanol–water partition coefficient (Wildman–Crippen LogP) is 4.03. The van der Waals surface area contributed by atoms with Crippen molar-refractivity contribution in [2.45, 2.75) is 0 Å². The monoisotopic (exact) mass is 317 g/mol. The Labute approximate surface area is 141 Å². The molecule has 0 bridgehead atoms. The number of rotatable bonds is 4. The van der Waals surface area contributed by atoms with Crippen molar-refractivity contribution in [2.24, 2.45) is 0 Å². The number of likely N-dealkylation sites (N-methyl/N-ethyl adjacent to an activating group) is 1. The minimum Gasteiger partial charge on any atom is -0.497 e. The van der Waals surface area contributed by atoms with Gasteiger partial charge in [-0.15, -0.1) is 0 Å². The number of fused-ring (bicyclic) bond motifs is 1. The van der Waals surface area contributed by atoms with Crippen LogP contribution in [0, 0.1) is 0 Å². The molecule has 3 aromatic rings. The van der Waals surface area contributed by atoms with Crippen LogP contribution in [0.3, 0.4) is 0 Å². The molecule has 0 aliphatic carbocycles. The van der Waals surface area contributed by atoms with E-state index in [2.05, 4.69) is 23.5 Å². The van der Waals surface area contributed by atoms with Gasteiger partial charge in [-0.05, 0) is 39.6 Å². The molecule has 1 N–H and O–H groups in total. The van der Waals surface area contributed by atoms with Gasteiger partial charge in [0, 0.05) is 13.1 Å². The molecule has 0 radical (unpaired) electrons. The number of nitrogens with one attached hydrogen (secondary N) is 1. The third-order valence-electron chi connectivity index (χ3n) is 4.00. The highest BCUT2D eigenvalue weighted by Gasteiger charge is 2.11. The maximum absolute atomic E-state index is 12.0. The van der Waals surface area contributed by atoms with Crippen molar-refractivity contribution in [1.82, 2.24) is 5.32 Å². The Kier molecular flexibility index (Phi) is 4.62. The molecule has 0 aromatic heterocycles. The molecule has 0 fully saturated rings. The molecule has 0 saturated carbocycles. The van der Waals surface area contributed by atoms with E-state index in [-0.39, 0.29) is 5.91 Å². The molecule has 24 heavy (non-hydrogen) atoms. The Balaban J connectivity index is 2.20. The lowest BCUT2D eigenvalue weighted by Crippen LogP contribution is -2.15. The van der Waals surface area contributed by atoms with Crippen molar-refractivity contribution in [2.75, 3.05) is 14.2 Å². The van der Waals surface area contributed by atoms with E-state index in [1.165, 1.54) is 0 Å². The number of carbonyl (C=O) groups is 1. The molecule has 3 rings (SSSR count). The van der Waals surface area contributed by atoms with E-state index in [9.17, 15) is 4.79 Å². The summed E-state index contributed by atoms with van der Waals surface area (Å²) in [6.45, 7) is 0. The Bertz CT molecular complexity index is 890. The molecule has 1 amide bonds. The number of carbonyl (C=O) groups excluding carboxylic acids is 1. The summed E-state index contributed by atoms with van der Waals surface area (Å²) in [5.41, 5.74) is 2.88. The highest BCUT2D eigenvalue weighted by Crippen LogP contribution is 2.30. The van der Waals surface area contributed by atoms with Crippen LogP contribution in [0.25, 0.3) is 16.3 Å². The molecule has 0 atom stereocenters. The quantitative estimate of drug-likeness (QED) is 0.738. The lowest BCUT2D eigenvalue weighted by Gasteiger charge is -2.12. The van der Waals surface area contributed by atoms with Crippen molar-refractivity contribution in [1.29, 1.82) is 0 Å². The van der Waals surface area contributed by atoms with Crippen LogP contribution in [-0.2, 0) is 4.79 Å². The van der Waals surface area contributed by atoms with Crippen molar-refractivity contribution < 1.29 is 9.53 Å². The molecule has 120 valence electrons. The van der Waals surface area contributed by atoms with Crippen LogP contribution in [0.2, 0.25) is 0 Å². The summed E-state index contributed by atoms with van der Waals surface area (Å²) < 4.78 is 5.23. The Morgan fingerprint density at radius 2 is 1.67 bits per heavy atom. The Morgan fingerprint density at radius 1 is 0.958 bits per heavy atom. The van der Waals surface area contributed by atoms with E-state index < -0.39 is 0 Å². The first-order valence-corrected chi connectivity index (χ1v) is 7.79. The second kappa shape index (κ2) is 7.01. The second-order valence-electron chi connectivity index (χ2n) is 5.43. The number of benzene rings is 3. The van der Waals surface area contributed by atoms with Gasteiger partial charge >= 0.3 is 0 Å². The fraction of sp³-hybridized carbons (Fsp3) is 0.0952. The lowest BCUT2D eigenvalue weighted by molar-refractivity contribution is -0.116. The smallest absolute Gasteiger partial charge is 0.244 e. The van der Waals surface area contributed by atoms with Gasteiger partial charge in [-0.1, -0.05) is 54.6 Å². The second-order valence-corrected chi connectivity index (χ2v) is 5.43. The van der Waals surface area contributed by atoms with E-state index in [0.717, 1.165) is 33.2 Å². The average molecular weight is 317 g/mol. The van der Waals surface area contributed by atoms with Crippen LogP contribution in [0.5, 0.6) is 5.75 Å². The highest BCUT2D eigenvalue weighted by atomic mass is 16.5. The maximum atomic E-state index is 12.0. The van der Waals surface area contributed by atoms with Crippen LogP contribution < -0.4 is 10.1 Å². The largest absolute Gasteiger partial charge is 0.497 e. The molecule has 0 aliphatic heterocycles. The van der Waals surface area contributed by atoms with E-state index in [1.807, 2.05) is 48.5 Å². The van der Waals surface area contributed by atoms with E-state index in [1.54, 1.807) is 20.2 Å². The topological polar surface area (TPSA) is 38.3 Å². The van der Waals surface area contributed by atoms with E-state index in [0.29, 0.717) is 0 Å². The fourth-order valence-electron chi connectivity index (χ4n) is 2.75. The number of amides is 1. The van der Waals surface area contributed by atoms with Gasteiger partial charge in [-0.25, -0.2) is 0 Å². The van der Waals surface area contributed by atoms with Gasteiger partial charge in [0.2, 0.25) is 5.91 Å². The molecule has 3 aromatic carbocycles. The lowest BCUT2D eigenvalue weighted by atomic mass is 9.93. The summed E-state index contributed by atoms with van der Waals surface area (Å²) in [5, 5.41) is 4.93. The third kappa shape index (κ3) is 3.15. The summed E-state index contributed by atoms with van der Waals surface area (Å²) in [4.78, 5) is 12.0. The standard InChI is InChI=1S/C21H19NO2/c1-22-21(23)14-20(16-10-12-17(24-2)13-11-16)19-9-5-7-15-6-3-4-8-18(15)19/h3-14H,1-2H3,(H,22,23). The fourth-order valence-corrected chi connectivity index (χ4v) is 2.75. The first-order chi connectivity index (χ1) is 11.7. The maximum Gasteiger partial charge on any atom is 0.244 e. The normalized spacial score (nSPS) is 11.3. The minimum atomic E-state index is -0.131. The van der Waals surface area contributed by atoms with E-state index in [4.69, 9.17) is 4.74 Å². The highest BCUT2D eigenvalue weighted by molar-refractivity contribution is 6.04. The molecule has 0 aliphatic rings. The molecular formula is C21H19NO2. The zero-order valence-corrected chi connectivity index (χ0v) is 13.7. The Morgan fingerprint density at radius 3 is 2.38 bits per heavy atom. The van der Waals surface area contributed by atoms with Crippen molar-refractivity contribution in [3.05, 3.63) is 83.9 Å². The van der Waals surface area contributed by atoms with Gasteiger partial charge in [0.1, 0.15) is 5.75 Å². The average Bonchev–Trinajstić information content (AvgIpc) is 2.65. The third-order valence-corrected chi connectivity index (χ3v) is 4.00. The first kappa shape index (κ1) is 15.8. The predicted molar refractivity (Wildman–Crippen MR) is 98.1 cm³/mol. The molecule has 3 nitrogen and oxygen atoms in total. The van der Waals surface area contributed by atoms with Crippen LogP contribution in [0.15, 0.2) is 72.8 Å².